The molecule has 0 amide bonds. The van der Waals surface area contributed by atoms with Crippen LogP contribution in [0.3, 0.4) is 0 Å². The lowest BCUT2D eigenvalue weighted by Crippen LogP contribution is -2.36. The van der Waals surface area contributed by atoms with Crippen molar-refractivity contribution < 1.29 is 36.6 Å². The number of piperidine rings is 1. The van der Waals surface area contributed by atoms with Gasteiger partial charge in [0.25, 0.3) is 0 Å². The quantitative estimate of drug-likeness (QED) is 0.265. The average molecular weight is 651 g/mol. The highest BCUT2D eigenvalue weighted by Gasteiger charge is 2.57. The number of carboxylic acid groups (broad SMARTS) is 1. The summed E-state index contributed by atoms with van der Waals surface area (Å²) in [5.74, 6) is -1.45. The van der Waals surface area contributed by atoms with Crippen LogP contribution in [0.15, 0.2) is 71.6 Å². The number of benzene rings is 3. The van der Waals surface area contributed by atoms with E-state index in [0.717, 1.165) is 23.3 Å². The Morgan fingerprint density at radius 1 is 0.977 bits per heavy atom. The first-order valence-corrected chi connectivity index (χ1v) is 15.7. The van der Waals surface area contributed by atoms with Gasteiger partial charge in [-0.1, -0.05) is 45.0 Å². The van der Waals surface area contributed by atoms with Gasteiger partial charge in [0.1, 0.15) is 29.7 Å². The number of nitrogens with zero attached hydrogens (tertiary/aromatic N) is 1. The Balaban J connectivity index is 0.00000442. The van der Waals surface area contributed by atoms with Crippen molar-refractivity contribution in [2.24, 2.45) is 11.8 Å². The molecule has 3 aromatic rings. The van der Waals surface area contributed by atoms with Crippen LogP contribution in [0.2, 0.25) is 0 Å². The first kappa shape index (κ1) is 33.6. The Morgan fingerprint density at radius 2 is 1.55 bits per heavy atom. The number of rotatable bonds is 12. The number of carboxylic acids is 1. The Hall–Kier alpha value is -3.25. The standard InChI is InChI=1S/C32H36F2N2O6S.ClH/c1-32(2,3)21-6-10-25(11-7-21)42-29(31(37)38)14-20-4-8-24(9-5-20)41-13-12-35-30-27-18-36(19-28(27)30)43(39,40)26-16-22(33)15-23(34)17-26;/h4-11,15-17,27-30,35H,12-14,18-19H2,1-3H3,(H,37,38);1H/t27-,28+,29-,30?;/m0./s1. The zero-order valence-corrected chi connectivity index (χ0v) is 26.3. The molecule has 1 heterocycles. The van der Waals surface area contributed by atoms with Gasteiger partial charge in [0.05, 0.1) is 4.90 Å². The summed E-state index contributed by atoms with van der Waals surface area (Å²) in [5, 5.41) is 13.1. The summed E-state index contributed by atoms with van der Waals surface area (Å²) in [7, 11) is -3.95. The van der Waals surface area contributed by atoms with Crippen LogP contribution in [-0.2, 0) is 26.7 Å². The summed E-state index contributed by atoms with van der Waals surface area (Å²) in [6.45, 7) is 7.88. The fourth-order valence-corrected chi connectivity index (χ4v) is 7.08. The van der Waals surface area contributed by atoms with Crippen molar-refractivity contribution in [3.63, 3.8) is 0 Å². The van der Waals surface area contributed by atoms with Crippen LogP contribution >= 0.6 is 12.4 Å². The van der Waals surface area contributed by atoms with Crippen LogP contribution < -0.4 is 14.8 Å². The lowest BCUT2D eigenvalue weighted by atomic mass is 9.87. The number of ether oxygens (including phenoxy) is 2. The van der Waals surface area contributed by atoms with Crippen LogP contribution in [0, 0.1) is 23.5 Å². The van der Waals surface area contributed by atoms with Gasteiger partial charge in [0.15, 0.2) is 6.10 Å². The van der Waals surface area contributed by atoms with Crippen molar-refractivity contribution in [1.29, 1.82) is 0 Å². The smallest absolute Gasteiger partial charge is 0.345 e. The number of hydrogen-bond donors (Lipinski definition) is 2. The summed E-state index contributed by atoms with van der Waals surface area (Å²) >= 11 is 0. The maximum atomic E-state index is 13.5. The second-order valence-corrected chi connectivity index (χ2v) is 14.1. The summed E-state index contributed by atoms with van der Waals surface area (Å²) < 4.78 is 65.5. The Bertz CT molecular complexity index is 1530. The third-order valence-electron chi connectivity index (χ3n) is 8.00. The molecular formula is C32H37ClF2N2O6S. The molecular weight excluding hydrogens is 614 g/mol. The fourth-order valence-electron chi connectivity index (χ4n) is 5.52. The van der Waals surface area contributed by atoms with Crippen molar-refractivity contribution in [2.75, 3.05) is 26.2 Å². The number of fused-ring (bicyclic) bond motifs is 1. The highest BCUT2D eigenvalue weighted by atomic mass is 35.5. The second kappa shape index (κ2) is 13.4. The maximum Gasteiger partial charge on any atom is 0.345 e. The van der Waals surface area contributed by atoms with Crippen LogP contribution in [0.4, 0.5) is 8.78 Å². The largest absolute Gasteiger partial charge is 0.492 e. The zero-order valence-electron chi connectivity index (χ0n) is 24.7. The van der Waals surface area contributed by atoms with Crippen molar-refractivity contribution >= 4 is 28.4 Å². The van der Waals surface area contributed by atoms with Crippen LogP contribution in [-0.4, -0.2) is 62.2 Å². The zero-order chi connectivity index (χ0) is 30.9. The van der Waals surface area contributed by atoms with Gasteiger partial charge in [-0.05, 0) is 64.8 Å². The van der Waals surface area contributed by atoms with Gasteiger partial charge < -0.3 is 19.9 Å². The maximum absolute atomic E-state index is 13.5. The fraction of sp³-hybridized carbons (Fsp3) is 0.406. The van der Waals surface area contributed by atoms with Crippen LogP contribution in [0.5, 0.6) is 11.5 Å². The van der Waals surface area contributed by atoms with E-state index in [2.05, 4.69) is 26.1 Å². The summed E-state index contributed by atoms with van der Waals surface area (Å²) in [4.78, 5) is 11.5. The minimum Gasteiger partial charge on any atom is -0.492 e. The van der Waals surface area contributed by atoms with Crippen LogP contribution in [0.1, 0.15) is 31.9 Å². The van der Waals surface area contributed by atoms with Gasteiger partial charge in [-0.3, -0.25) is 0 Å². The molecule has 0 aromatic heterocycles. The topological polar surface area (TPSA) is 105 Å². The monoisotopic (exact) mass is 650 g/mol. The molecule has 1 aliphatic heterocycles. The molecule has 3 aromatic carbocycles. The highest BCUT2D eigenvalue weighted by molar-refractivity contribution is 7.89. The van der Waals surface area contributed by atoms with Gasteiger partial charge in [0.2, 0.25) is 10.0 Å². The molecule has 0 radical (unpaired) electrons. The Kier molecular flexibility index (Phi) is 10.2. The molecule has 2 fully saturated rings. The Morgan fingerprint density at radius 3 is 2.09 bits per heavy atom. The normalized spacial score (nSPS) is 20.3. The van der Waals surface area contributed by atoms with E-state index in [9.17, 15) is 27.1 Å². The number of halogens is 3. The molecule has 1 saturated carbocycles. The van der Waals surface area contributed by atoms with Gasteiger partial charge in [-0.15, -0.1) is 12.4 Å². The molecule has 1 aliphatic carbocycles. The molecule has 1 saturated heterocycles. The molecule has 0 spiro atoms. The number of hydrogen-bond acceptors (Lipinski definition) is 6. The SMILES string of the molecule is CC(C)(C)c1ccc(O[C@@H](Cc2ccc(OCCNC3[C@H]4CN(S(=O)(=O)c5cc(F)cc(F)c5)C[C@@H]34)cc2)C(=O)O)cc1.Cl. The number of nitrogens with one attached hydrogen (secondary N) is 1. The minimum atomic E-state index is -3.95. The molecule has 5 rings (SSSR count). The van der Waals surface area contributed by atoms with Gasteiger partial charge in [0, 0.05) is 38.2 Å². The molecule has 12 heteroatoms. The first-order chi connectivity index (χ1) is 20.3. The lowest BCUT2D eigenvalue weighted by molar-refractivity contribution is -0.145. The van der Waals surface area contributed by atoms with E-state index < -0.39 is 33.7 Å². The molecule has 1 unspecified atom stereocenters. The predicted octanol–water partition coefficient (Wildman–Crippen LogP) is 5.05. The van der Waals surface area contributed by atoms with E-state index in [4.69, 9.17) is 9.47 Å². The summed E-state index contributed by atoms with van der Waals surface area (Å²) in [6, 6.07) is 17.2. The predicted molar refractivity (Wildman–Crippen MR) is 164 cm³/mol. The summed E-state index contributed by atoms with van der Waals surface area (Å²) in [5.41, 5.74) is 1.93. The van der Waals surface area contributed by atoms with Gasteiger partial charge in [-0.25, -0.2) is 22.0 Å². The number of sulfonamides is 1. The second-order valence-electron chi connectivity index (χ2n) is 12.2. The third kappa shape index (κ3) is 7.87. The molecule has 44 heavy (non-hydrogen) atoms. The van der Waals surface area contributed by atoms with Crippen molar-refractivity contribution in [2.45, 2.75) is 49.6 Å². The molecule has 2 aliphatic rings. The molecule has 4 atom stereocenters. The van der Waals surface area contributed by atoms with Crippen molar-refractivity contribution in [1.82, 2.24) is 9.62 Å². The highest BCUT2D eigenvalue weighted by Crippen LogP contribution is 2.47. The number of carbonyl (C=O) groups is 1. The minimum absolute atomic E-state index is 0. The van der Waals surface area contributed by atoms with Gasteiger partial charge >= 0.3 is 5.97 Å². The van der Waals surface area contributed by atoms with E-state index in [-0.39, 0.29) is 47.0 Å². The van der Waals surface area contributed by atoms with E-state index in [0.29, 0.717) is 43.8 Å². The van der Waals surface area contributed by atoms with E-state index in [1.54, 1.807) is 24.3 Å². The van der Waals surface area contributed by atoms with E-state index in [1.807, 2.05) is 24.3 Å². The van der Waals surface area contributed by atoms with E-state index in [1.165, 1.54) is 4.31 Å². The Labute approximate surface area is 262 Å². The van der Waals surface area contributed by atoms with Gasteiger partial charge in [-0.2, -0.15) is 4.31 Å². The summed E-state index contributed by atoms with van der Waals surface area (Å²) in [6.07, 6.45) is -0.834. The lowest BCUT2D eigenvalue weighted by Gasteiger charge is -2.20. The molecule has 8 nitrogen and oxygen atoms in total. The van der Waals surface area contributed by atoms with E-state index >= 15 is 0 Å². The van der Waals surface area contributed by atoms with Crippen molar-refractivity contribution in [3.05, 3.63) is 89.5 Å². The van der Waals surface area contributed by atoms with Crippen molar-refractivity contribution in [3.8, 4) is 11.5 Å². The average Bonchev–Trinajstić information content (AvgIpc) is 3.37. The number of aliphatic carboxylic acids is 1. The van der Waals surface area contributed by atoms with Crippen LogP contribution in [0.25, 0.3) is 0 Å². The molecule has 238 valence electrons. The first-order valence-electron chi connectivity index (χ1n) is 14.2. The third-order valence-corrected chi connectivity index (χ3v) is 9.81. The molecule has 0 bridgehead atoms. The molecule has 2 N–H and O–H groups in total.